The number of aryl methyl sites for hydroxylation is 1. The molecule has 6 heteroatoms. The van der Waals surface area contributed by atoms with Gasteiger partial charge in [0.05, 0.1) is 10.4 Å². The van der Waals surface area contributed by atoms with E-state index in [9.17, 15) is 10.1 Å². The fraction of sp³-hybridized carbons (Fsp3) is 0.176. The van der Waals surface area contributed by atoms with Gasteiger partial charge in [0.1, 0.15) is 0 Å². The Balaban J connectivity index is 1.86. The van der Waals surface area contributed by atoms with Crippen molar-refractivity contribution in [3.63, 3.8) is 0 Å². The minimum absolute atomic E-state index is 0.0657. The second-order valence-electron chi connectivity index (χ2n) is 5.27. The van der Waals surface area contributed by atoms with Crippen LogP contribution < -0.4 is 5.32 Å². The highest BCUT2D eigenvalue weighted by Gasteiger charge is 2.10. The van der Waals surface area contributed by atoms with E-state index in [-0.39, 0.29) is 5.69 Å². The van der Waals surface area contributed by atoms with E-state index in [2.05, 4.69) is 15.3 Å². The standard InChI is InChI=1S/C17H16N4O2/c1-12-10-17(19-9-7-13-4-2-3-8-18-13)15-11-14(21(22)23)5-6-16(15)20-12/h2-6,8,10-11H,7,9H2,1H3,(H,19,20). The first-order chi connectivity index (χ1) is 11.1. The first-order valence-electron chi connectivity index (χ1n) is 7.33. The lowest BCUT2D eigenvalue weighted by Crippen LogP contribution is -2.07. The predicted molar refractivity (Wildman–Crippen MR) is 89.6 cm³/mol. The number of hydrogen-bond donors (Lipinski definition) is 1. The number of non-ortho nitro benzene ring substituents is 1. The van der Waals surface area contributed by atoms with Crippen molar-refractivity contribution in [3.8, 4) is 0 Å². The third kappa shape index (κ3) is 3.42. The summed E-state index contributed by atoms with van der Waals surface area (Å²) in [4.78, 5) is 19.3. The molecule has 2 heterocycles. The van der Waals surface area contributed by atoms with Crippen LogP contribution in [0.1, 0.15) is 11.4 Å². The molecule has 3 rings (SSSR count). The molecule has 0 saturated heterocycles. The van der Waals surface area contributed by atoms with Gasteiger partial charge in [0.15, 0.2) is 0 Å². The van der Waals surface area contributed by atoms with Crippen LogP contribution in [0, 0.1) is 17.0 Å². The number of rotatable bonds is 5. The van der Waals surface area contributed by atoms with E-state index in [0.29, 0.717) is 6.54 Å². The molecule has 0 aliphatic carbocycles. The van der Waals surface area contributed by atoms with Gasteiger partial charge in [-0.25, -0.2) is 0 Å². The number of nitrogens with one attached hydrogen (secondary N) is 1. The SMILES string of the molecule is Cc1cc(NCCc2ccccn2)c2cc([N+](=O)[O-])ccc2n1. The summed E-state index contributed by atoms with van der Waals surface area (Å²) < 4.78 is 0. The van der Waals surface area contributed by atoms with Crippen molar-refractivity contribution in [3.05, 3.63) is 70.2 Å². The lowest BCUT2D eigenvalue weighted by molar-refractivity contribution is -0.384. The van der Waals surface area contributed by atoms with Gasteiger partial charge in [0, 0.05) is 53.8 Å². The molecule has 2 aromatic heterocycles. The monoisotopic (exact) mass is 308 g/mol. The van der Waals surface area contributed by atoms with Crippen LogP contribution in [0.15, 0.2) is 48.7 Å². The molecule has 1 N–H and O–H groups in total. The summed E-state index contributed by atoms with van der Waals surface area (Å²) in [5.41, 5.74) is 3.53. The van der Waals surface area contributed by atoms with E-state index in [1.54, 1.807) is 18.3 Å². The van der Waals surface area contributed by atoms with Crippen molar-refractivity contribution in [2.24, 2.45) is 0 Å². The van der Waals surface area contributed by atoms with Crippen LogP contribution in [-0.2, 0) is 6.42 Å². The van der Waals surface area contributed by atoms with Crippen LogP contribution in [0.4, 0.5) is 11.4 Å². The fourth-order valence-electron chi connectivity index (χ4n) is 2.48. The Morgan fingerprint density at radius 3 is 2.83 bits per heavy atom. The number of nitro benzene ring substituents is 1. The second-order valence-corrected chi connectivity index (χ2v) is 5.27. The third-order valence-electron chi connectivity index (χ3n) is 3.55. The summed E-state index contributed by atoms with van der Waals surface area (Å²) in [5.74, 6) is 0. The van der Waals surface area contributed by atoms with E-state index in [4.69, 9.17) is 0 Å². The molecule has 0 spiro atoms. The zero-order chi connectivity index (χ0) is 16.2. The van der Waals surface area contributed by atoms with Crippen LogP contribution in [0.2, 0.25) is 0 Å². The van der Waals surface area contributed by atoms with Gasteiger partial charge >= 0.3 is 0 Å². The molecule has 3 aromatic rings. The normalized spacial score (nSPS) is 10.7. The number of nitro groups is 1. The molecule has 1 aromatic carbocycles. The molecular weight excluding hydrogens is 292 g/mol. The van der Waals surface area contributed by atoms with Crippen molar-refractivity contribution >= 4 is 22.3 Å². The maximum atomic E-state index is 11.0. The minimum Gasteiger partial charge on any atom is -0.384 e. The second kappa shape index (κ2) is 6.39. The van der Waals surface area contributed by atoms with E-state index in [1.165, 1.54) is 6.07 Å². The molecule has 0 atom stereocenters. The molecule has 0 fully saturated rings. The zero-order valence-corrected chi connectivity index (χ0v) is 12.7. The largest absolute Gasteiger partial charge is 0.384 e. The number of benzene rings is 1. The first kappa shape index (κ1) is 14.9. The van der Waals surface area contributed by atoms with Crippen LogP contribution in [0.3, 0.4) is 0 Å². The summed E-state index contributed by atoms with van der Waals surface area (Å²) >= 11 is 0. The van der Waals surface area contributed by atoms with Gasteiger partial charge in [-0.1, -0.05) is 6.07 Å². The molecule has 0 amide bonds. The predicted octanol–water partition coefficient (Wildman–Crippen LogP) is 3.50. The topological polar surface area (TPSA) is 81.0 Å². The molecule has 0 radical (unpaired) electrons. The van der Waals surface area contributed by atoms with Gasteiger partial charge in [0.25, 0.3) is 5.69 Å². The Bertz CT molecular complexity index is 850. The first-order valence-corrected chi connectivity index (χ1v) is 7.33. The van der Waals surface area contributed by atoms with E-state index in [1.807, 2.05) is 31.2 Å². The summed E-state index contributed by atoms with van der Waals surface area (Å²) in [7, 11) is 0. The smallest absolute Gasteiger partial charge is 0.270 e. The zero-order valence-electron chi connectivity index (χ0n) is 12.7. The maximum Gasteiger partial charge on any atom is 0.270 e. The number of nitrogens with zero attached hydrogens (tertiary/aromatic N) is 3. The number of pyridine rings is 2. The van der Waals surface area contributed by atoms with Crippen LogP contribution in [0.25, 0.3) is 10.9 Å². The van der Waals surface area contributed by atoms with Gasteiger partial charge in [-0.15, -0.1) is 0 Å². The summed E-state index contributed by atoms with van der Waals surface area (Å²) in [6.45, 7) is 2.60. The van der Waals surface area contributed by atoms with Gasteiger partial charge in [-0.2, -0.15) is 0 Å². The van der Waals surface area contributed by atoms with Crippen molar-refractivity contribution in [1.82, 2.24) is 9.97 Å². The molecule has 116 valence electrons. The quantitative estimate of drug-likeness (QED) is 0.576. The molecule has 0 aliphatic rings. The molecule has 6 nitrogen and oxygen atoms in total. The van der Waals surface area contributed by atoms with E-state index < -0.39 is 4.92 Å². The molecule has 23 heavy (non-hydrogen) atoms. The van der Waals surface area contributed by atoms with E-state index in [0.717, 1.165) is 34.4 Å². The lowest BCUT2D eigenvalue weighted by atomic mass is 10.1. The highest BCUT2D eigenvalue weighted by Crippen LogP contribution is 2.27. The van der Waals surface area contributed by atoms with Crippen LogP contribution in [0.5, 0.6) is 0 Å². The Morgan fingerprint density at radius 1 is 1.22 bits per heavy atom. The number of hydrogen-bond acceptors (Lipinski definition) is 5. The molecular formula is C17H16N4O2. The van der Waals surface area contributed by atoms with Crippen LogP contribution >= 0.6 is 0 Å². The average Bonchev–Trinajstić information content (AvgIpc) is 2.55. The summed E-state index contributed by atoms with van der Waals surface area (Å²) in [5, 5.41) is 15.1. The van der Waals surface area contributed by atoms with Gasteiger partial charge in [0.2, 0.25) is 0 Å². The Hall–Kier alpha value is -3.02. The Kier molecular flexibility index (Phi) is 4.14. The molecule has 0 saturated carbocycles. The maximum absolute atomic E-state index is 11.0. The minimum atomic E-state index is -0.392. The number of fused-ring (bicyclic) bond motifs is 1. The Labute approximate surface area is 133 Å². The van der Waals surface area contributed by atoms with Crippen molar-refractivity contribution in [2.45, 2.75) is 13.3 Å². The Morgan fingerprint density at radius 2 is 2.09 bits per heavy atom. The van der Waals surface area contributed by atoms with E-state index >= 15 is 0 Å². The highest BCUT2D eigenvalue weighted by atomic mass is 16.6. The molecule has 0 bridgehead atoms. The fourth-order valence-corrected chi connectivity index (χ4v) is 2.48. The van der Waals surface area contributed by atoms with Gasteiger partial charge < -0.3 is 5.32 Å². The van der Waals surface area contributed by atoms with Gasteiger partial charge in [-0.3, -0.25) is 20.1 Å². The molecule has 0 aliphatic heterocycles. The van der Waals surface area contributed by atoms with Crippen molar-refractivity contribution < 1.29 is 4.92 Å². The summed E-state index contributed by atoms with van der Waals surface area (Å²) in [6, 6.07) is 12.4. The third-order valence-corrected chi connectivity index (χ3v) is 3.55. The average molecular weight is 308 g/mol. The van der Waals surface area contributed by atoms with Crippen LogP contribution in [-0.4, -0.2) is 21.4 Å². The lowest BCUT2D eigenvalue weighted by Gasteiger charge is -2.10. The van der Waals surface area contributed by atoms with Crippen molar-refractivity contribution in [2.75, 3.05) is 11.9 Å². The van der Waals surface area contributed by atoms with Gasteiger partial charge in [-0.05, 0) is 31.2 Å². The number of anilines is 1. The van der Waals surface area contributed by atoms with Crippen molar-refractivity contribution in [1.29, 1.82) is 0 Å². The number of aromatic nitrogens is 2. The summed E-state index contributed by atoms with van der Waals surface area (Å²) in [6.07, 6.45) is 2.54. The molecule has 0 unspecified atom stereocenters. The highest BCUT2D eigenvalue weighted by molar-refractivity contribution is 5.93.